The first kappa shape index (κ1) is 10.6. The SMILES string of the molecule is CC(C)(O)Cn1cnc2cc(Br)ccc21. The fraction of sp³-hybridized carbons (Fsp3) is 0.364. The van der Waals surface area contributed by atoms with Crippen LogP contribution in [0.2, 0.25) is 0 Å². The average molecular weight is 269 g/mol. The number of rotatable bonds is 2. The van der Waals surface area contributed by atoms with E-state index in [0.29, 0.717) is 6.54 Å². The van der Waals surface area contributed by atoms with E-state index in [4.69, 9.17) is 0 Å². The van der Waals surface area contributed by atoms with E-state index in [-0.39, 0.29) is 0 Å². The van der Waals surface area contributed by atoms with Crippen molar-refractivity contribution in [1.82, 2.24) is 9.55 Å². The molecule has 0 fully saturated rings. The molecule has 0 spiro atoms. The van der Waals surface area contributed by atoms with Gasteiger partial charge in [0.15, 0.2) is 0 Å². The summed E-state index contributed by atoms with van der Waals surface area (Å²) in [4.78, 5) is 4.29. The van der Waals surface area contributed by atoms with Crippen molar-refractivity contribution in [3.63, 3.8) is 0 Å². The zero-order valence-corrected chi connectivity index (χ0v) is 10.3. The van der Waals surface area contributed by atoms with Gasteiger partial charge in [-0.3, -0.25) is 0 Å². The molecular weight excluding hydrogens is 256 g/mol. The van der Waals surface area contributed by atoms with Crippen molar-refractivity contribution in [3.05, 3.63) is 29.0 Å². The maximum absolute atomic E-state index is 9.75. The van der Waals surface area contributed by atoms with Crippen LogP contribution in [0.3, 0.4) is 0 Å². The first-order valence-electron chi connectivity index (χ1n) is 4.78. The topological polar surface area (TPSA) is 38.0 Å². The lowest BCUT2D eigenvalue weighted by molar-refractivity contribution is 0.0627. The minimum atomic E-state index is -0.722. The standard InChI is InChI=1S/C11H13BrN2O/c1-11(2,15)6-14-7-13-9-5-8(12)3-4-10(9)14/h3-5,7,15H,6H2,1-2H3. The van der Waals surface area contributed by atoms with E-state index in [9.17, 15) is 5.11 Å². The summed E-state index contributed by atoms with van der Waals surface area (Å²) in [5.74, 6) is 0. The van der Waals surface area contributed by atoms with Crippen LogP contribution in [0.1, 0.15) is 13.8 Å². The van der Waals surface area contributed by atoms with Crippen LogP contribution < -0.4 is 0 Å². The number of hydrogen-bond acceptors (Lipinski definition) is 2. The molecule has 0 saturated heterocycles. The van der Waals surface area contributed by atoms with E-state index in [1.165, 1.54) is 0 Å². The minimum absolute atomic E-state index is 0.547. The highest BCUT2D eigenvalue weighted by Gasteiger charge is 2.14. The van der Waals surface area contributed by atoms with Crippen LogP contribution in [0.5, 0.6) is 0 Å². The van der Waals surface area contributed by atoms with Crippen LogP contribution in [0.4, 0.5) is 0 Å². The number of aliphatic hydroxyl groups is 1. The fourth-order valence-electron chi connectivity index (χ4n) is 1.58. The van der Waals surface area contributed by atoms with Gasteiger partial charge >= 0.3 is 0 Å². The molecule has 3 nitrogen and oxygen atoms in total. The molecular formula is C11H13BrN2O. The van der Waals surface area contributed by atoms with Gasteiger partial charge in [-0.25, -0.2) is 4.98 Å². The Morgan fingerprint density at radius 1 is 1.47 bits per heavy atom. The molecule has 0 unspecified atom stereocenters. The van der Waals surface area contributed by atoms with Gasteiger partial charge in [-0.1, -0.05) is 15.9 Å². The van der Waals surface area contributed by atoms with Gasteiger partial charge in [-0.15, -0.1) is 0 Å². The van der Waals surface area contributed by atoms with Crippen molar-refractivity contribution >= 4 is 27.0 Å². The summed E-state index contributed by atoms with van der Waals surface area (Å²) in [6.07, 6.45) is 1.76. The molecule has 15 heavy (non-hydrogen) atoms. The summed E-state index contributed by atoms with van der Waals surface area (Å²) >= 11 is 3.40. The number of aromatic nitrogens is 2. The van der Waals surface area contributed by atoms with Crippen molar-refractivity contribution in [3.8, 4) is 0 Å². The van der Waals surface area contributed by atoms with E-state index in [1.807, 2.05) is 22.8 Å². The van der Waals surface area contributed by atoms with Crippen LogP contribution >= 0.6 is 15.9 Å². The Morgan fingerprint density at radius 2 is 2.20 bits per heavy atom. The Balaban J connectivity index is 2.45. The van der Waals surface area contributed by atoms with Crippen molar-refractivity contribution < 1.29 is 5.11 Å². The molecule has 0 aliphatic carbocycles. The largest absolute Gasteiger partial charge is 0.389 e. The van der Waals surface area contributed by atoms with Crippen LogP contribution in [0.15, 0.2) is 29.0 Å². The Morgan fingerprint density at radius 3 is 2.87 bits per heavy atom. The third kappa shape index (κ3) is 2.38. The van der Waals surface area contributed by atoms with Gasteiger partial charge in [0.2, 0.25) is 0 Å². The molecule has 0 radical (unpaired) electrons. The molecule has 0 bridgehead atoms. The first-order chi connectivity index (χ1) is 6.96. The van der Waals surface area contributed by atoms with Crippen LogP contribution in [0.25, 0.3) is 11.0 Å². The van der Waals surface area contributed by atoms with Crippen LogP contribution in [-0.4, -0.2) is 20.3 Å². The number of imidazole rings is 1. The number of nitrogens with zero attached hydrogens (tertiary/aromatic N) is 2. The first-order valence-corrected chi connectivity index (χ1v) is 5.58. The Bertz CT molecular complexity index is 485. The smallest absolute Gasteiger partial charge is 0.0959 e. The molecule has 0 atom stereocenters. The Hall–Kier alpha value is -0.870. The number of hydrogen-bond donors (Lipinski definition) is 1. The van der Waals surface area contributed by atoms with E-state index >= 15 is 0 Å². The van der Waals surface area contributed by atoms with E-state index in [2.05, 4.69) is 20.9 Å². The summed E-state index contributed by atoms with van der Waals surface area (Å²) in [6, 6.07) is 5.94. The summed E-state index contributed by atoms with van der Waals surface area (Å²) < 4.78 is 2.98. The lowest BCUT2D eigenvalue weighted by Crippen LogP contribution is -2.25. The summed E-state index contributed by atoms with van der Waals surface area (Å²) in [7, 11) is 0. The molecule has 0 saturated carbocycles. The molecule has 2 aromatic rings. The van der Waals surface area contributed by atoms with Crippen molar-refractivity contribution in [2.24, 2.45) is 0 Å². The lowest BCUT2D eigenvalue weighted by Gasteiger charge is -2.17. The maximum Gasteiger partial charge on any atom is 0.0959 e. The second-order valence-corrected chi connectivity index (χ2v) is 5.23. The molecule has 1 heterocycles. The highest BCUT2D eigenvalue weighted by atomic mass is 79.9. The van der Waals surface area contributed by atoms with Gasteiger partial charge in [0.1, 0.15) is 0 Å². The van der Waals surface area contributed by atoms with E-state index in [1.54, 1.807) is 20.2 Å². The number of benzene rings is 1. The van der Waals surface area contributed by atoms with Crippen LogP contribution in [-0.2, 0) is 6.54 Å². The molecule has 0 aliphatic rings. The normalized spacial score (nSPS) is 12.3. The molecule has 0 aliphatic heterocycles. The second-order valence-electron chi connectivity index (χ2n) is 4.32. The Kier molecular flexibility index (Phi) is 2.56. The van der Waals surface area contributed by atoms with Gasteiger partial charge in [0, 0.05) is 4.47 Å². The average Bonchev–Trinajstić information content (AvgIpc) is 2.45. The summed E-state index contributed by atoms with van der Waals surface area (Å²) in [5.41, 5.74) is 1.26. The van der Waals surface area contributed by atoms with Gasteiger partial charge in [-0.2, -0.15) is 0 Å². The van der Waals surface area contributed by atoms with Gasteiger partial charge in [-0.05, 0) is 32.0 Å². The maximum atomic E-state index is 9.75. The predicted octanol–water partition coefficient (Wildman–Crippen LogP) is 2.57. The van der Waals surface area contributed by atoms with Crippen molar-refractivity contribution in [2.75, 3.05) is 0 Å². The number of fused-ring (bicyclic) bond motifs is 1. The molecule has 4 heteroatoms. The van der Waals surface area contributed by atoms with Crippen molar-refractivity contribution in [1.29, 1.82) is 0 Å². The monoisotopic (exact) mass is 268 g/mol. The van der Waals surface area contributed by atoms with Gasteiger partial charge in [0.05, 0.1) is 29.5 Å². The zero-order valence-electron chi connectivity index (χ0n) is 8.74. The quantitative estimate of drug-likeness (QED) is 0.909. The van der Waals surface area contributed by atoms with E-state index < -0.39 is 5.60 Å². The van der Waals surface area contributed by atoms with E-state index in [0.717, 1.165) is 15.5 Å². The number of halogens is 1. The molecule has 1 aromatic heterocycles. The molecule has 1 N–H and O–H groups in total. The zero-order chi connectivity index (χ0) is 11.1. The molecule has 80 valence electrons. The highest BCUT2D eigenvalue weighted by Crippen LogP contribution is 2.20. The molecule has 1 aromatic carbocycles. The van der Waals surface area contributed by atoms with Crippen LogP contribution in [0, 0.1) is 0 Å². The fourth-order valence-corrected chi connectivity index (χ4v) is 1.93. The Labute approximate surface area is 96.9 Å². The summed E-state index contributed by atoms with van der Waals surface area (Å²) in [6.45, 7) is 4.13. The molecule has 2 rings (SSSR count). The molecule has 0 amide bonds. The lowest BCUT2D eigenvalue weighted by atomic mass is 10.1. The highest BCUT2D eigenvalue weighted by molar-refractivity contribution is 9.10. The van der Waals surface area contributed by atoms with Crippen molar-refractivity contribution in [2.45, 2.75) is 26.0 Å². The second kappa shape index (κ2) is 3.61. The third-order valence-electron chi connectivity index (χ3n) is 2.14. The van der Waals surface area contributed by atoms with Gasteiger partial charge < -0.3 is 9.67 Å². The summed E-state index contributed by atoms with van der Waals surface area (Å²) in [5, 5.41) is 9.75. The third-order valence-corrected chi connectivity index (χ3v) is 2.63. The predicted molar refractivity (Wildman–Crippen MR) is 63.7 cm³/mol. The minimum Gasteiger partial charge on any atom is -0.389 e. The van der Waals surface area contributed by atoms with Gasteiger partial charge in [0.25, 0.3) is 0 Å².